The molecule has 1 aromatic carbocycles. The summed E-state index contributed by atoms with van der Waals surface area (Å²) in [7, 11) is 0. The molecule has 0 amide bonds. The fourth-order valence-electron chi connectivity index (χ4n) is 3.20. The van der Waals surface area contributed by atoms with Gasteiger partial charge in [0.1, 0.15) is 5.82 Å². The highest BCUT2D eigenvalue weighted by Crippen LogP contribution is 2.29. The predicted molar refractivity (Wildman–Crippen MR) is 94.4 cm³/mol. The van der Waals surface area contributed by atoms with Crippen molar-refractivity contribution < 1.29 is 9.13 Å². The van der Waals surface area contributed by atoms with Crippen LogP contribution in [-0.2, 0) is 11.3 Å². The van der Waals surface area contributed by atoms with E-state index in [1.54, 1.807) is 23.5 Å². The molecule has 0 radical (unpaired) electrons. The molecule has 24 heavy (non-hydrogen) atoms. The van der Waals surface area contributed by atoms with Gasteiger partial charge in [-0.15, -0.1) is 11.3 Å². The number of likely N-dealkylation sites (tertiary alicyclic amines) is 1. The number of thiazole rings is 1. The number of piperidine rings is 1. The molecule has 1 unspecified atom stereocenters. The van der Waals surface area contributed by atoms with Gasteiger partial charge in [0, 0.05) is 24.5 Å². The molecular formula is C18H24FN3OS. The Kier molecular flexibility index (Phi) is 5.94. The molecule has 2 aromatic rings. The summed E-state index contributed by atoms with van der Waals surface area (Å²) in [5.41, 5.74) is 10.0. The summed E-state index contributed by atoms with van der Waals surface area (Å²) in [6, 6.07) is 6.77. The van der Waals surface area contributed by atoms with Gasteiger partial charge in [0.25, 0.3) is 0 Å². The van der Waals surface area contributed by atoms with E-state index in [0.29, 0.717) is 13.2 Å². The summed E-state index contributed by atoms with van der Waals surface area (Å²) in [5, 5.41) is 0. The van der Waals surface area contributed by atoms with Crippen LogP contribution in [-0.4, -0.2) is 35.6 Å². The van der Waals surface area contributed by atoms with Crippen molar-refractivity contribution in [3.63, 3.8) is 0 Å². The molecule has 1 aliphatic rings. The second kappa shape index (κ2) is 8.16. The lowest BCUT2D eigenvalue weighted by Crippen LogP contribution is -2.41. The SMILES string of the molecule is Cc1ncsc1C(CN)N1CCC(OCc2ccc(F)cc2)CC1. The average Bonchev–Trinajstić information content (AvgIpc) is 3.02. The first-order chi connectivity index (χ1) is 11.7. The molecule has 0 saturated carbocycles. The number of benzene rings is 1. The normalized spacial score (nSPS) is 18.0. The first-order valence-electron chi connectivity index (χ1n) is 8.37. The van der Waals surface area contributed by atoms with Crippen LogP contribution >= 0.6 is 11.3 Å². The number of aryl methyl sites for hydroxylation is 1. The van der Waals surface area contributed by atoms with Gasteiger partial charge < -0.3 is 10.5 Å². The Balaban J connectivity index is 1.50. The summed E-state index contributed by atoms with van der Waals surface area (Å²) in [4.78, 5) is 8.07. The van der Waals surface area contributed by atoms with E-state index in [0.717, 1.165) is 37.2 Å². The molecule has 1 atom stereocenters. The number of halogens is 1. The van der Waals surface area contributed by atoms with Crippen molar-refractivity contribution >= 4 is 11.3 Å². The van der Waals surface area contributed by atoms with Crippen molar-refractivity contribution in [2.24, 2.45) is 5.73 Å². The zero-order valence-corrected chi connectivity index (χ0v) is 14.8. The third-order valence-electron chi connectivity index (χ3n) is 4.62. The molecule has 0 aliphatic carbocycles. The van der Waals surface area contributed by atoms with Gasteiger partial charge in [-0.05, 0) is 37.5 Å². The number of hydrogen-bond acceptors (Lipinski definition) is 5. The molecule has 4 nitrogen and oxygen atoms in total. The molecular weight excluding hydrogens is 325 g/mol. The van der Waals surface area contributed by atoms with Gasteiger partial charge in [-0.2, -0.15) is 0 Å². The maximum absolute atomic E-state index is 12.9. The number of nitrogens with two attached hydrogens (primary N) is 1. The maximum Gasteiger partial charge on any atom is 0.123 e. The molecule has 1 aromatic heterocycles. The summed E-state index contributed by atoms with van der Waals surface area (Å²) >= 11 is 1.69. The topological polar surface area (TPSA) is 51.4 Å². The molecule has 0 spiro atoms. The second-order valence-electron chi connectivity index (χ2n) is 6.23. The smallest absolute Gasteiger partial charge is 0.123 e. The quantitative estimate of drug-likeness (QED) is 0.870. The van der Waals surface area contributed by atoms with Crippen molar-refractivity contribution in [3.05, 3.63) is 51.7 Å². The standard InChI is InChI=1S/C18H24FN3OS/c1-13-18(24-12-21-13)17(10-20)22-8-6-16(7-9-22)23-11-14-2-4-15(19)5-3-14/h2-5,12,16-17H,6-11,20H2,1H3. The monoisotopic (exact) mass is 349 g/mol. The van der Waals surface area contributed by atoms with E-state index in [4.69, 9.17) is 10.5 Å². The Morgan fingerprint density at radius 1 is 1.33 bits per heavy atom. The molecule has 2 N–H and O–H groups in total. The van der Waals surface area contributed by atoms with Crippen molar-refractivity contribution in [3.8, 4) is 0 Å². The largest absolute Gasteiger partial charge is 0.373 e. The van der Waals surface area contributed by atoms with Gasteiger partial charge in [-0.3, -0.25) is 4.90 Å². The summed E-state index contributed by atoms with van der Waals surface area (Å²) in [5.74, 6) is -0.210. The third kappa shape index (κ3) is 4.19. The van der Waals surface area contributed by atoms with Crippen LogP contribution in [0.4, 0.5) is 4.39 Å². The van der Waals surface area contributed by atoms with Gasteiger partial charge >= 0.3 is 0 Å². The molecule has 3 rings (SSSR count). The van der Waals surface area contributed by atoms with Crippen LogP contribution in [0.1, 0.15) is 35.0 Å². The molecule has 0 bridgehead atoms. The summed E-state index contributed by atoms with van der Waals surface area (Å²) < 4.78 is 18.9. The molecule has 6 heteroatoms. The molecule has 130 valence electrons. The minimum Gasteiger partial charge on any atom is -0.373 e. The number of aromatic nitrogens is 1. The van der Waals surface area contributed by atoms with E-state index < -0.39 is 0 Å². The van der Waals surface area contributed by atoms with Gasteiger partial charge in [-0.1, -0.05) is 12.1 Å². The zero-order chi connectivity index (χ0) is 16.9. The number of rotatable bonds is 6. The van der Waals surface area contributed by atoms with Crippen LogP contribution in [0, 0.1) is 12.7 Å². The molecule has 2 heterocycles. The van der Waals surface area contributed by atoms with Crippen LogP contribution in [0.5, 0.6) is 0 Å². The molecule has 1 fully saturated rings. The van der Waals surface area contributed by atoms with E-state index in [2.05, 4.69) is 9.88 Å². The first-order valence-corrected chi connectivity index (χ1v) is 9.25. The molecule has 1 aliphatic heterocycles. The Morgan fingerprint density at radius 2 is 2.04 bits per heavy atom. The highest BCUT2D eigenvalue weighted by atomic mass is 32.1. The van der Waals surface area contributed by atoms with Gasteiger partial charge in [-0.25, -0.2) is 9.37 Å². The van der Waals surface area contributed by atoms with E-state index in [9.17, 15) is 4.39 Å². The Bertz CT molecular complexity index is 638. The van der Waals surface area contributed by atoms with E-state index >= 15 is 0 Å². The summed E-state index contributed by atoms with van der Waals surface area (Å²) in [6.45, 7) is 5.16. The van der Waals surface area contributed by atoms with Crippen LogP contribution in [0.25, 0.3) is 0 Å². The van der Waals surface area contributed by atoms with Crippen molar-refractivity contribution in [1.82, 2.24) is 9.88 Å². The first kappa shape index (κ1) is 17.5. The lowest BCUT2D eigenvalue weighted by molar-refractivity contribution is -0.0104. The van der Waals surface area contributed by atoms with Crippen molar-refractivity contribution in [2.75, 3.05) is 19.6 Å². The highest BCUT2D eigenvalue weighted by Gasteiger charge is 2.27. The van der Waals surface area contributed by atoms with E-state index in [-0.39, 0.29) is 18.0 Å². The Labute approximate surface area is 146 Å². The minimum atomic E-state index is -0.210. The number of hydrogen-bond donors (Lipinski definition) is 1. The lowest BCUT2D eigenvalue weighted by Gasteiger charge is -2.36. The second-order valence-corrected chi connectivity index (χ2v) is 7.11. The van der Waals surface area contributed by atoms with Crippen molar-refractivity contribution in [1.29, 1.82) is 0 Å². The van der Waals surface area contributed by atoms with Gasteiger partial charge in [0.2, 0.25) is 0 Å². The van der Waals surface area contributed by atoms with Crippen LogP contribution in [0.2, 0.25) is 0 Å². The minimum absolute atomic E-state index is 0.210. The van der Waals surface area contributed by atoms with Gasteiger partial charge in [0.05, 0.1) is 30.0 Å². The van der Waals surface area contributed by atoms with E-state index in [1.165, 1.54) is 17.0 Å². The fraction of sp³-hybridized carbons (Fsp3) is 0.500. The molecule has 1 saturated heterocycles. The van der Waals surface area contributed by atoms with Crippen LogP contribution in [0.15, 0.2) is 29.8 Å². The van der Waals surface area contributed by atoms with E-state index in [1.807, 2.05) is 12.4 Å². The van der Waals surface area contributed by atoms with Gasteiger partial charge in [0.15, 0.2) is 0 Å². The zero-order valence-electron chi connectivity index (χ0n) is 14.0. The third-order valence-corrected chi connectivity index (χ3v) is 5.66. The average molecular weight is 349 g/mol. The van der Waals surface area contributed by atoms with Crippen LogP contribution in [0.3, 0.4) is 0 Å². The fourth-order valence-corrected chi connectivity index (χ4v) is 4.15. The Morgan fingerprint density at radius 3 is 2.62 bits per heavy atom. The Hall–Kier alpha value is -1.34. The lowest BCUT2D eigenvalue weighted by atomic mass is 10.0. The highest BCUT2D eigenvalue weighted by molar-refractivity contribution is 7.09. The number of ether oxygens (including phenoxy) is 1. The summed E-state index contributed by atoms with van der Waals surface area (Å²) in [6.07, 6.45) is 2.25. The van der Waals surface area contributed by atoms with Crippen molar-refractivity contribution in [2.45, 2.75) is 38.5 Å². The predicted octanol–water partition coefficient (Wildman–Crippen LogP) is 3.27. The number of nitrogens with zero attached hydrogens (tertiary/aromatic N) is 2. The van der Waals surface area contributed by atoms with Crippen LogP contribution < -0.4 is 5.73 Å². The maximum atomic E-state index is 12.9.